The topological polar surface area (TPSA) is 75.7 Å². The minimum atomic E-state index is -3.42. The summed E-state index contributed by atoms with van der Waals surface area (Å²) in [5, 5.41) is 2.48. The van der Waals surface area contributed by atoms with Gasteiger partial charge in [-0.25, -0.2) is 12.8 Å². The second kappa shape index (κ2) is 7.49. The van der Waals surface area contributed by atoms with Crippen molar-refractivity contribution in [3.05, 3.63) is 34.1 Å². The molecule has 1 aromatic carbocycles. The molecular weight excluding hydrogens is 379 g/mol. The van der Waals surface area contributed by atoms with E-state index >= 15 is 0 Å². The van der Waals surface area contributed by atoms with Gasteiger partial charge in [-0.1, -0.05) is 0 Å². The molecule has 1 fully saturated rings. The fraction of sp³-hybridized carbons (Fsp3) is 0.462. The molecule has 1 aliphatic rings. The Hall–Kier alpha value is -1.03. The Labute approximate surface area is 136 Å². The lowest BCUT2D eigenvalue weighted by Crippen LogP contribution is -2.43. The number of ether oxygens (including phenoxy) is 1. The number of rotatable bonds is 5. The summed E-state index contributed by atoms with van der Waals surface area (Å²) in [5.74, 6) is -1.25. The Morgan fingerprint density at radius 3 is 2.68 bits per heavy atom. The highest BCUT2D eigenvalue weighted by Gasteiger charge is 2.24. The van der Waals surface area contributed by atoms with Crippen LogP contribution < -0.4 is 5.32 Å². The summed E-state index contributed by atoms with van der Waals surface area (Å²) in [6, 6.07) is 3.98. The van der Waals surface area contributed by atoms with E-state index in [1.165, 1.54) is 16.4 Å². The number of nitrogens with zero attached hydrogens (tertiary/aromatic N) is 1. The van der Waals surface area contributed by atoms with Crippen molar-refractivity contribution in [3.63, 3.8) is 0 Å². The van der Waals surface area contributed by atoms with Gasteiger partial charge in [0.05, 0.1) is 23.4 Å². The maximum absolute atomic E-state index is 13.4. The lowest BCUT2D eigenvalue weighted by Gasteiger charge is -2.26. The van der Waals surface area contributed by atoms with Gasteiger partial charge in [0, 0.05) is 25.2 Å². The molecule has 0 radical (unpaired) electrons. The predicted molar refractivity (Wildman–Crippen MR) is 82.6 cm³/mol. The van der Waals surface area contributed by atoms with Crippen LogP contribution in [0.5, 0.6) is 0 Å². The van der Waals surface area contributed by atoms with Gasteiger partial charge in [0.2, 0.25) is 10.0 Å². The third-order valence-corrected chi connectivity index (χ3v) is 5.71. The number of nitrogens with one attached hydrogen (secondary N) is 1. The summed E-state index contributed by atoms with van der Waals surface area (Å²) in [5.41, 5.74) is 0.143. The molecule has 1 heterocycles. The number of morpholine rings is 1. The van der Waals surface area contributed by atoms with Gasteiger partial charge in [-0.05, 0) is 34.1 Å². The monoisotopic (exact) mass is 394 g/mol. The zero-order valence-corrected chi connectivity index (χ0v) is 14.1. The number of carbonyl (C=O) groups is 1. The van der Waals surface area contributed by atoms with Crippen LogP contribution in [-0.2, 0) is 14.8 Å². The first-order valence-corrected chi connectivity index (χ1v) is 9.09. The number of carbonyl (C=O) groups excluding carboxylic acids is 1. The van der Waals surface area contributed by atoms with Gasteiger partial charge < -0.3 is 10.1 Å². The molecule has 0 unspecified atom stereocenters. The lowest BCUT2D eigenvalue weighted by atomic mass is 10.2. The first-order chi connectivity index (χ1) is 10.4. The summed E-state index contributed by atoms with van der Waals surface area (Å²) in [6.07, 6.45) is 0. The van der Waals surface area contributed by atoms with E-state index in [1.807, 2.05) is 0 Å². The summed E-state index contributed by atoms with van der Waals surface area (Å²) in [4.78, 5) is 11.8. The quantitative estimate of drug-likeness (QED) is 0.807. The molecule has 1 saturated heterocycles. The SMILES string of the molecule is O=C(NCCS(=O)(=O)N1CCOCC1)c1ccc(Br)c(F)c1. The third kappa shape index (κ3) is 4.48. The maximum atomic E-state index is 13.4. The molecule has 9 heteroatoms. The van der Waals surface area contributed by atoms with Crippen LogP contribution >= 0.6 is 15.9 Å². The third-order valence-electron chi connectivity index (χ3n) is 3.19. The highest BCUT2D eigenvalue weighted by Crippen LogP contribution is 2.16. The molecule has 0 aliphatic carbocycles. The molecule has 0 spiro atoms. The smallest absolute Gasteiger partial charge is 0.251 e. The molecule has 1 aromatic rings. The van der Waals surface area contributed by atoms with Gasteiger partial charge in [-0.2, -0.15) is 4.31 Å². The minimum absolute atomic E-state index is 0.0315. The molecule has 1 N–H and O–H groups in total. The Balaban J connectivity index is 1.87. The molecule has 6 nitrogen and oxygen atoms in total. The summed E-state index contributed by atoms with van der Waals surface area (Å²) < 4.78 is 44.2. The molecule has 122 valence electrons. The molecular formula is C13H16BrFN2O4S. The van der Waals surface area contributed by atoms with E-state index < -0.39 is 21.7 Å². The molecule has 0 saturated carbocycles. The Morgan fingerprint density at radius 2 is 2.05 bits per heavy atom. The first kappa shape index (κ1) is 17.3. The van der Waals surface area contributed by atoms with Crippen LogP contribution in [0.25, 0.3) is 0 Å². The number of halogens is 2. The highest BCUT2D eigenvalue weighted by molar-refractivity contribution is 9.10. The standard InChI is InChI=1S/C13H16BrFN2O4S/c14-11-2-1-10(9-12(11)15)13(18)16-3-8-22(19,20)17-4-6-21-7-5-17/h1-2,9H,3-8H2,(H,16,18). The van der Waals surface area contributed by atoms with Crippen molar-refractivity contribution >= 4 is 31.9 Å². The Morgan fingerprint density at radius 1 is 1.36 bits per heavy atom. The van der Waals surface area contributed by atoms with Crippen molar-refractivity contribution in [2.75, 3.05) is 38.6 Å². The van der Waals surface area contributed by atoms with Crippen molar-refractivity contribution in [2.24, 2.45) is 0 Å². The van der Waals surface area contributed by atoms with E-state index in [0.717, 1.165) is 6.07 Å². The van der Waals surface area contributed by atoms with Crippen LogP contribution in [0.1, 0.15) is 10.4 Å². The maximum Gasteiger partial charge on any atom is 0.251 e. The van der Waals surface area contributed by atoms with E-state index in [2.05, 4.69) is 21.2 Å². The molecule has 22 heavy (non-hydrogen) atoms. The van der Waals surface area contributed by atoms with Crippen LogP contribution in [0.2, 0.25) is 0 Å². The number of hydrogen-bond acceptors (Lipinski definition) is 4. The van der Waals surface area contributed by atoms with Gasteiger partial charge in [-0.3, -0.25) is 4.79 Å². The van der Waals surface area contributed by atoms with Crippen molar-refractivity contribution in [1.82, 2.24) is 9.62 Å². The fourth-order valence-electron chi connectivity index (χ4n) is 1.99. The van der Waals surface area contributed by atoms with E-state index in [9.17, 15) is 17.6 Å². The Kier molecular flexibility index (Phi) is 5.90. The first-order valence-electron chi connectivity index (χ1n) is 6.69. The number of amides is 1. The van der Waals surface area contributed by atoms with Crippen LogP contribution in [0.4, 0.5) is 4.39 Å². The summed E-state index contributed by atoms with van der Waals surface area (Å²) in [7, 11) is -3.42. The zero-order chi connectivity index (χ0) is 16.2. The minimum Gasteiger partial charge on any atom is -0.379 e. The molecule has 0 bridgehead atoms. The van der Waals surface area contributed by atoms with E-state index in [4.69, 9.17) is 4.74 Å². The number of hydrogen-bond donors (Lipinski definition) is 1. The second-order valence-electron chi connectivity index (χ2n) is 4.71. The molecule has 0 atom stereocenters. The van der Waals surface area contributed by atoms with Crippen LogP contribution in [0.3, 0.4) is 0 Å². The van der Waals surface area contributed by atoms with Crippen molar-refractivity contribution in [2.45, 2.75) is 0 Å². The zero-order valence-electron chi connectivity index (χ0n) is 11.7. The van der Waals surface area contributed by atoms with Crippen LogP contribution in [0, 0.1) is 5.82 Å². The summed E-state index contributed by atoms with van der Waals surface area (Å²) >= 11 is 3.00. The van der Waals surface area contributed by atoms with Crippen LogP contribution in [0.15, 0.2) is 22.7 Å². The highest BCUT2D eigenvalue weighted by atomic mass is 79.9. The van der Waals surface area contributed by atoms with E-state index in [1.54, 1.807) is 0 Å². The average molecular weight is 395 g/mol. The van der Waals surface area contributed by atoms with Gasteiger partial charge in [0.25, 0.3) is 5.91 Å². The van der Waals surface area contributed by atoms with Crippen molar-refractivity contribution in [1.29, 1.82) is 0 Å². The van der Waals surface area contributed by atoms with Gasteiger partial charge >= 0.3 is 0 Å². The fourth-order valence-corrected chi connectivity index (χ4v) is 3.56. The second-order valence-corrected chi connectivity index (χ2v) is 7.66. The van der Waals surface area contributed by atoms with E-state index in [-0.39, 0.29) is 22.3 Å². The van der Waals surface area contributed by atoms with Crippen LogP contribution in [-0.4, -0.2) is 57.2 Å². The van der Waals surface area contributed by atoms with Gasteiger partial charge in [0.1, 0.15) is 5.82 Å². The molecule has 1 amide bonds. The summed E-state index contributed by atoms with van der Waals surface area (Å²) in [6.45, 7) is 1.38. The van der Waals surface area contributed by atoms with Crippen molar-refractivity contribution in [3.8, 4) is 0 Å². The van der Waals surface area contributed by atoms with Gasteiger partial charge in [-0.15, -0.1) is 0 Å². The van der Waals surface area contributed by atoms with Crippen molar-refractivity contribution < 1.29 is 22.3 Å². The largest absolute Gasteiger partial charge is 0.379 e. The predicted octanol–water partition coefficient (Wildman–Crippen LogP) is 0.980. The number of benzene rings is 1. The normalized spacial score (nSPS) is 16.5. The van der Waals surface area contributed by atoms with E-state index in [0.29, 0.717) is 26.3 Å². The average Bonchev–Trinajstić information content (AvgIpc) is 2.50. The Bertz CT molecular complexity index is 647. The molecule has 1 aliphatic heterocycles. The lowest BCUT2D eigenvalue weighted by molar-refractivity contribution is 0.0730. The number of sulfonamides is 1. The molecule has 0 aromatic heterocycles. The van der Waals surface area contributed by atoms with Gasteiger partial charge in [0.15, 0.2) is 0 Å². The molecule has 2 rings (SSSR count).